The predicted molar refractivity (Wildman–Crippen MR) is 184 cm³/mol. The van der Waals surface area contributed by atoms with Crippen LogP contribution in [-0.2, 0) is 22.6 Å². The second kappa shape index (κ2) is 14.6. The van der Waals surface area contributed by atoms with Crippen molar-refractivity contribution in [2.24, 2.45) is 17.8 Å². The van der Waals surface area contributed by atoms with Gasteiger partial charge in [0.25, 0.3) is 0 Å². The molecule has 0 unspecified atom stereocenters. The summed E-state index contributed by atoms with van der Waals surface area (Å²) in [7, 11) is 2.21. The molecule has 1 N–H and O–H groups in total. The average Bonchev–Trinajstić information content (AvgIpc) is 3.06. The Balaban J connectivity index is 1.07. The Bertz CT molecular complexity index is 1380. The minimum absolute atomic E-state index is 0.0395. The summed E-state index contributed by atoms with van der Waals surface area (Å²) in [6, 6.07) is 14.0. The molecular weight excluding hydrogens is 698 g/mol. The third kappa shape index (κ3) is 7.76. The van der Waals surface area contributed by atoms with Gasteiger partial charge in [0.05, 0.1) is 5.92 Å². The Hall–Kier alpha value is -2.43. The fourth-order valence-electron chi connectivity index (χ4n) is 7.83. The zero-order valence-corrected chi connectivity index (χ0v) is 29.4. The van der Waals surface area contributed by atoms with Crippen molar-refractivity contribution < 1.29 is 14.4 Å². The number of nitrogens with zero attached hydrogens (tertiary/aromatic N) is 4. The number of halogens is 2. The van der Waals surface area contributed by atoms with Crippen LogP contribution in [0.5, 0.6) is 0 Å². The highest BCUT2D eigenvalue weighted by molar-refractivity contribution is 9.13. The highest BCUT2D eigenvalue weighted by Gasteiger charge is 2.36. The van der Waals surface area contributed by atoms with Gasteiger partial charge in [-0.25, -0.2) is 4.79 Å². The third-order valence-electron chi connectivity index (χ3n) is 10.6. The molecule has 0 aliphatic carbocycles. The maximum absolute atomic E-state index is 14.1. The van der Waals surface area contributed by atoms with Crippen molar-refractivity contribution in [2.45, 2.75) is 64.0 Å². The van der Waals surface area contributed by atoms with E-state index in [0.717, 1.165) is 70.5 Å². The molecule has 8 nitrogen and oxygen atoms in total. The van der Waals surface area contributed by atoms with Crippen LogP contribution >= 0.6 is 31.9 Å². The molecule has 0 saturated carbocycles. The van der Waals surface area contributed by atoms with Crippen LogP contribution < -0.4 is 5.32 Å². The SMILES string of the molecule is CN1CCC(C2CCN(C(=O)[C@@H](CC(=O)N3CCC(N4Cc5ccccc5NC4=O)CC3)Cc3ccc(Br)c(Br)c3)CC2)CC1. The maximum Gasteiger partial charge on any atom is 0.322 e. The maximum atomic E-state index is 14.1. The molecule has 0 spiro atoms. The number of amides is 4. The van der Waals surface area contributed by atoms with E-state index < -0.39 is 5.92 Å². The standard InChI is InChI=1S/C35H45Br2N5O3/c1-39-14-8-25(9-15-39)26-10-16-41(17-11-26)34(44)28(20-24-6-7-30(36)31(37)21-24)22-33(43)40-18-12-29(13-19-40)42-23-27-4-2-3-5-32(27)38-35(42)45/h2-7,21,25-26,28-29H,8-20,22-23H2,1H3,(H,38,45)/t28-/m1/s1. The van der Waals surface area contributed by atoms with E-state index in [2.05, 4.69) is 61.3 Å². The van der Waals surface area contributed by atoms with Gasteiger partial charge in [-0.3, -0.25) is 9.59 Å². The van der Waals surface area contributed by atoms with Gasteiger partial charge in [0.15, 0.2) is 0 Å². The number of nitrogens with one attached hydrogen (secondary N) is 1. The fourth-order valence-corrected chi connectivity index (χ4v) is 8.50. The first-order valence-corrected chi connectivity index (χ1v) is 18.2. The fraction of sp³-hybridized carbons (Fsp3) is 0.571. The van der Waals surface area contributed by atoms with Crippen molar-refractivity contribution in [1.29, 1.82) is 0 Å². The van der Waals surface area contributed by atoms with Crippen LogP contribution in [0.1, 0.15) is 56.1 Å². The van der Waals surface area contributed by atoms with Crippen molar-refractivity contribution in [3.8, 4) is 0 Å². The van der Waals surface area contributed by atoms with Gasteiger partial charge < -0.3 is 24.9 Å². The number of fused-ring (bicyclic) bond motifs is 1. The number of benzene rings is 2. The van der Waals surface area contributed by atoms with E-state index in [1.165, 1.54) is 25.9 Å². The van der Waals surface area contributed by atoms with E-state index in [-0.39, 0.29) is 30.3 Å². The molecule has 6 rings (SSSR count). The predicted octanol–water partition coefficient (Wildman–Crippen LogP) is 6.38. The smallest absolute Gasteiger partial charge is 0.322 e. The highest BCUT2D eigenvalue weighted by Crippen LogP contribution is 2.34. The molecule has 242 valence electrons. The summed E-state index contributed by atoms with van der Waals surface area (Å²) in [5.74, 6) is 1.22. The number of likely N-dealkylation sites (tertiary alicyclic amines) is 3. The van der Waals surface area contributed by atoms with Gasteiger partial charge in [-0.2, -0.15) is 0 Å². The summed E-state index contributed by atoms with van der Waals surface area (Å²) >= 11 is 7.16. The Labute approximate surface area is 284 Å². The van der Waals surface area contributed by atoms with Gasteiger partial charge in [-0.05, 0) is 138 Å². The van der Waals surface area contributed by atoms with Crippen LogP contribution in [0.4, 0.5) is 10.5 Å². The lowest BCUT2D eigenvalue weighted by Crippen LogP contribution is -2.51. The molecule has 3 fully saturated rings. The van der Waals surface area contributed by atoms with Gasteiger partial charge >= 0.3 is 6.03 Å². The number of piperidine rings is 3. The van der Waals surface area contributed by atoms with E-state index in [1.54, 1.807) is 0 Å². The van der Waals surface area contributed by atoms with Gasteiger partial charge in [-0.1, -0.05) is 24.3 Å². The molecule has 4 amide bonds. The third-order valence-corrected chi connectivity index (χ3v) is 12.5. The Morgan fingerprint density at radius 1 is 0.844 bits per heavy atom. The first kappa shape index (κ1) is 32.5. The molecule has 0 aromatic heterocycles. The zero-order valence-electron chi connectivity index (χ0n) is 26.2. The Kier molecular flexibility index (Phi) is 10.5. The lowest BCUT2D eigenvalue weighted by atomic mass is 9.78. The van der Waals surface area contributed by atoms with Gasteiger partial charge in [0, 0.05) is 59.8 Å². The van der Waals surface area contributed by atoms with Crippen LogP contribution in [0.2, 0.25) is 0 Å². The minimum Gasteiger partial charge on any atom is -0.343 e. The molecule has 4 aliphatic heterocycles. The van der Waals surface area contributed by atoms with Crippen molar-refractivity contribution in [3.05, 3.63) is 62.5 Å². The molecule has 1 atom stereocenters. The highest BCUT2D eigenvalue weighted by atomic mass is 79.9. The van der Waals surface area contributed by atoms with E-state index in [1.807, 2.05) is 45.0 Å². The normalized spacial score (nSPS) is 21.4. The zero-order chi connectivity index (χ0) is 31.5. The number of carbonyl (C=O) groups excluding carboxylic acids is 3. The number of para-hydroxylation sites is 1. The molecule has 10 heteroatoms. The minimum atomic E-state index is -0.396. The molecular formula is C35H45Br2N5O3. The molecule has 3 saturated heterocycles. The first-order valence-electron chi connectivity index (χ1n) is 16.6. The average molecular weight is 744 g/mol. The van der Waals surface area contributed by atoms with Gasteiger partial charge in [-0.15, -0.1) is 0 Å². The lowest BCUT2D eigenvalue weighted by molar-refractivity contribution is -0.143. The number of carbonyl (C=O) groups is 3. The van der Waals surface area contributed by atoms with Gasteiger partial charge in [0.1, 0.15) is 0 Å². The second-order valence-corrected chi connectivity index (χ2v) is 15.2. The van der Waals surface area contributed by atoms with Crippen LogP contribution in [0.25, 0.3) is 0 Å². The molecule has 2 aromatic carbocycles. The summed E-state index contributed by atoms with van der Waals surface area (Å²) in [6.45, 7) is 5.71. The molecule has 4 aliphatic rings. The summed E-state index contributed by atoms with van der Waals surface area (Å²) in [5, 5.41) is 3.02. The second-order valence-electron chi connectivity index (χ2n) is 13.5. The number of urea groups is 1. The van der Waals surface area contributed by atoms with Crippen LogP contribution in [-0.4, -0.2) is 89.8 Å². The molecule has 2 aromatic rings. The van der Waals surface area contributed by atoms with E-state index in [0.29, 0.717) is 32.0 Å². The number of rotatable bonds is 7. The number of hydrogen-bond donors (Lipinski definition) is 1. The van der Waals surface area contributed by atoms with Crippen molar-refractivity contribution in [1.82, 2.24) is 19.6 Å². The summed E-state index contributed by atoms with van der Waals surface area (Å²) in [6.07, 6.45) is 6.88. The largest absolute Gasteiger partial charge is 0.343 e. The quantitative estimate of drug-likeness (QED) is 0.358. The van der Waals surface area contributed by atoms with Gasteiger partial charge in [0.2, 0.25) is 11.8 Å². The van der Waals surface area contributed by atoms with Crippen LogP contribution in [0.3, 0.4) is 0 Å². The molecule has 0 bridgehead atoms. The molecule has 0 radical (unpaired) electrons. The topological polar surface area (TPSA) is 76.2 Å². The van der Waals surface area contributed by atoms with Crippen molar-refractivity contribution >= 4 is 55.4 Å². The van der Waals surface area contributed by atoms with E-state index in [4.69, 9.17) is 0 Å². The summed E-state index contributed by atoms with van der Waals surface area (Å²) in [5.41, 5.74) is 3.05. The molecule has 45 heavy (non-hydrogen) atoms. The van der Waals surface area contributed by atoms with Crippen molar-refractivity contribution in [2.75, 3.05) is 51.6 Å². The monoisotopic (exact) mass is 741 g/mol. The van der Waals surface area contributed by atoms with Crippen molar-refractivity contribution in [3.63, 3.8) is 0 Å². The van der Waals surface area contributed by atoms with Crippen LogP contribution in [0, 0.1) is 17.8 Å². The Morgan fingerprint density at radius 2 is 1.49 bits per heavy atom. The Morgan fingerprint density at radius 3 is 2.18 bits per heavy atom. The lowest BCUT2D eigenvalue weighted by Gasteiger charge is -2.41. The van der Waals surface area contributed by atoms with E-state index >= 15 is 0 Å². The summed E-state index contributed by atoms with van der Waals surface area (Å²) in [4.78, 5) is 49.0. The number of anilines is 1. The first-order chi connectivity index (χ1) is 21.7. The van der Waals surface area contributed by atoms with E-state index in [9.17, 15) is 14.4 Å². The molecule has 4 heterocycles. The summed E-state index contributed by atoms with van der Waals surface area (Å²) < 4.78 is 1.91. The van der Waals surface area contributed by atoms with Crippen LogP contribution in [0.15, 0.2) is 51.4 Å². The number of hydrogen-bond acceptors (Lipinski definition) is 4.